The molecule has 0 aromatic rings. The molecule has 1 unspecified atom stereocenters. The molecule has 0 saturated carbocycles. The monoisotopic (exact) mass is 284 g/mol. The minimum atomic E-state index is -0.0269. The van der Waals surface area contributed by atoms with Gasteiger partial charge in [0.25, 0.3) is 0 Å². The van der Waals surface area contributed by atoms with Crippen LogP contribution in [0.2, 0.25) is 0 Å². The van der Waals surface area contributed by atoms with E-state index in [4.69, 9.17) is 0 Å². The average Bonchev–Trinajstić information content (AvgIpc) is 2.45. The molecule has 0 aliphatic carbocycles. The van der Waals surface area contributed by atoms with Gasteiger partial charge >= 0.3 is 0 Å². The maximum Gasteiger partial charge on any atom is 0.0540 e. The lowest BCUT2D eigenvalue weighted by molar-refractivity contribution is 0.147. The summed E-state index contributed by atoms with van der Waals surface area (Å²) in [7, 11) is 0. The Morgan fingerprint density at radius 3 is 1.20 bits per heavy atom. The van der Waals surface area contributed by atoms with Crippen molar-refractivity contribution in [1.82, 2.24) is 0 Å². The van der Waals surface area contributed by atoms with E-state index in [9.17, 15) is 5.11 Å². The van der Waals surface area contributed by atoms with Crippen LogP contribution in [0.15, 0.2) is 0 Å². The van der Waals surface area contributed by atoms with Gasteiger partial charge in [0.15, 0.2) is 0 Å². The minimum absolute atomic E-state index is 0.0269. The molecule has 1 heteroatoms. The first kappa shape index (κ1) is 20.0. The fraction of sp³-hybridized carbons (Fsp3) is 1.00. The topological polar surface area (TPSA) is 20.2 Å². The van der Waals surface area contributed by atoms with Crippen molar-refractivity contribution in [3.05, 3.63) is 0 Å². The number of hydrogen-bond acceptors (Lipinski definition) is 1. The van der Waals surface area contributed by atoms with Crippen LogP contribution in [0.4, 0.5) is 0 Å². The summed E-state index contributed by atoms with van der Waals surface area (Å²) in [6.45, 7) is 4.51. The summed E-state index contributed by atoms with van der Waals surface area (Å²) in [5.74, 6) is 0. The molecular formula is C19H40O. The molecule has 1 atom stereocenters. The van der Waals surface area contributed by atoms with E-state index in [1.54, 1.807) is 0 Å². The summed E-state index contributed by atoms with van der Waals surface area (Å²) in [5.41, 5.74) is 0. The highest BCUT2D eigenvalue weighted by atomic mass is 16.3. The van der Waals surface area contributed by atoms with Crippen molar-refractivity contribution in [2.24, 2.45) is 0 Å². The van der Waals surface area contributed by atoms with E-state index in [-0.39, 0.29) is 6.10 Å². The van der Waals surface area contributed by atoms with Crippen molar-refractivity contribution in [3.8, 4) is 0 Å². The zero-order chi connectivity index (χ0) is 14.9. The summed E-state index contributed by atoms with van der Waals surface area (Å²) in [5, 5.41) is 9.87. The second kappa shape index (κ2) is 17.0. The van der Waals surface area contributed by atoms with Crippen LogP contribution in [-0.2, 0) is 0 Å². The maximum atomic E-state index is 9.87. The molecule has 1 nitrogen and oxygen atoms in total. The third-order valence-electron chi connectivity index (χ3n) is 4.28. The lowest BCUT2D eigenvalue weighted by Crippen LogP contribution is -2.05. The van der Waals surface area contributed by atoms with Crippen LogP contribution in [0.3, 0.4) is 0 Å². The van der Waals surface area contributed by atoms with Crippen molar-refractivity contribution in [2.75, 3.05) is 0 Å². The maximum absolute atomic E-state index is 9.87. The van der Waals surface area contributed by atoms with Crippen molar-refractivity contribution >= 4 is 0 Å². The van der Waals surface area contributed by atoms with Gasteiger partial charge in [-0.25, -0.2) is 0 Å². The van der Waals surface area contributed by atoms with Crippen LogP contribution < -0.4 is 0 Å². The molecule has 0 saturated heterocycles. The molecule has 0 aliphatic rings. The van der Waals surface area contributed by atoms with Crippen molar-refractivity contribution in [1.29, 1.82) is 0 Å². The van der Waals surface area contributed by atoms with Gasteiger partial charge in [-0.05, 0) is 12.8 Å². The standard InChI is InChI=1S/C19H40O/c1-3-5-7-9-10-11-12-13-14-16-18-19(20)17-15-8-6-4-2/h19-20H,3-18H2,1-2H3. The van der Waals surface area contributed by atoms with Gasteiger partial charge in [-0.1, -0.05) is 104 Å². The number of hydrogen-bond donors (Lipinski definition) is 1. The van der Waals surface area contributed by atoms with E-state index in [1.807, 2.05) is 0 Å². The van der Waals surface area contributed by atoms with Gasteiger partial charge in [-0.15, -0.1) is 0 Å². The Morgan fingerprint density at radius 1 is 0.500 bits per heavy atom. The molecule has 0 heterocycles. The fourth-order valence-corrected chi connectivity index (χ4v) is 2.82. The Kier molecular flexibility index (Phi) is 17.0. The first-order valence-corrected chi connectivity index (χ1v) is 9.49. The van der Waals surface area contributed by atoms with Gasteiger partial charge in [0.1, 0.15) is 0 Å². The zero-order valence-electron chi connectivity index (χ0n) is 14.3. The first-order valence-electron chi connectivity index (χ1n) is 9.49. The lowest BCUT2D eigenvalue weighted by atomic mass is 10.0. The molecule has 20 heavy (non-hydrogen) atoms. The molecular weight excluding hydrogens is 244 g/mol. The van der Waals surface area contributed by atoms with E-state index in [1.165, 1.54) is 89.9 Å². The number of rotatable bonds is 16. The third kappa shape index (κ3) is 16.0. The number of unbranched alkanes of at least 4 members (excludes halogenated alkanes) is 12. The van der Waals surface area contributed by atoms with Crippen molar-refractivity contribution in [2.45, 2.75) is 123 Å². The van der Waals surface area contributed by atoms with E-state index < -0.39 is 0 Å². The van der Waals surface area contributed by atoms with Crippen LogP contribution in [0.1, 0.15) is 117 Å². The molecule has 0 amide bonds. The molecule has 0 radical (unpaired) electrons. The Balaban J connectivity index is 3.07. The normalized spacial score (nSPS) is 12.8. The molecule has 0 aliphatic heterocycles. The number of aliphatic hydroxyl groups is 1. The molecule has 0 aromatic heterocycles. The van der Waals surface area contributed by atoms with Crippen LogP contribution in [-0.4, -0.2) is 11.2 Å². The van der Waals surface area contributed by atoms with Crippen molar-refractivity contribution in [3.63, 3.8) is 0 Å². The number of aliphatic hydroxyl groups excluding tert-OH is 1. The van der Waals surface area contributed by atoms with Crippen LogP contribution >= 0.6 is 0 Å². The Hall–Kier alpha value is -0.0400. The zero-order valence-corrected chi connectivity index (χ0v) is 14.3. The predicted octanol–water partition coefficient (Wildman–Crippen LogP) is 6.63. The second-order valence-electron chi connectivity index (χ2n) is 6.47. The van der Waals surface area contributed by atoms with Crippen LogP contribution in [0.25, 0.3) is 0 Å². The summed E-state index contributed by atoms with van der Waals surface area (Å²) < 4.78 is 0. The molecule has 0 rings (SSSR count). The van der Waals surface area contributed by atoms with E-state index in [2.05, 4.69) is 13.8 Å². The van der Waals surface area contributed by atoms with E-state index in [0.717, 1.165) is 12.8 Å². The van der Waals surface area contributed by atoms with Crippen LogP contribution in [0.5, 0.6) is 0 Å². The molecule has 0 spiro atoms. The first-order chi connectivity index (χ1) is 9.81. The smallest absolute Gasteiger partial charge is 0.0540 e. The minimum Gasteiger partial charge on any atom is -0.393 e. The van der Waals surface area contributed by atoms with Crippen molar-refractivity contribution < 1.29 is 5.11 Å². The SMILES string of the molecule is CCCCCCCCCCCCC(O)CCCCCC. The van der Waals surface area contributed by atoms with Gasteiger partial charge in [0.05, 0.1) is 6.10 Å². The summed E-state index contributed by atoms with van der Waals surface area (Å²) in [4.78, 5) is 0. The fourth-order valence-electron chi connectivity index (χ4n) is 2.82. The molecule has 0 bridgehead atoms. The van der Waals surface area contributed by atoms with E-state index in [0.29, 0.717) is 0 Å². The largest absolute Gasteiger partial charge is 0.393 e. The summed E-state index contributed by atoms with van der Waals surface area (Å²) >= 11 is 0. The Bertz CT molecular complexity index is 167. The van der Waals surface area contributed by atoms with Gasteiger partial charge in [0.2, 0.25) is 0 Å². The van der Waals surface area contributed by atoms with Gasteiger partial charge < -0.3 is 5.11 Å². The molecule has 0 aromatic carbocycles. The molecule has 122 valence electrons. The molecule has 0 fully saturated rings. The molecule has 1 N–H and O–H groups in total. The quantitative estimate of drug-likeness (QED) is 0.315. The van der Waals surface area contributed by atoms with E-state index >= 15 is 0 Å². The van der Waals surface area contributed by atoms with Gasteiger partial charge in [-0.2, -0.15) is 0 Å². The highest BCUT2D eigenvalue weighted by molar-refractivity contribution is 4.57. The Morgan fingerprint density at radius 2 is 0.800 bits per heavy atom. The summed E-state index contributed by atoms with van der Waals surface area (Å²) in [6.07, 6.45) is 20.9. The highest BCUT2D eigenvalue weighted by Gasteiger charge is 2.03. The second-order valence-corrected chi connectivity index (χ2v) is 6.47. The van der Waals surface area contributed by atoms with Crippen LogP contribution in [0, 0.1) is 0 Å². The van der Waals surface area contributed by atoms with Gasteiger partial charge in [0, 0.05) is 0 Å². The van der Waals surface area contributed by atoms with Gasteiger partial charge in [-0.3, -0.25) is 0 Å². The third-order valence-corrected chi connectivity index (χ3v) is 4.28. The Labute approximate surface area is 128 Å². The predicted molar refractivity (Wildman–Crippen MR) is 91.2 cm³/mol. The highest BCUT2D eigenvalue weighted by Crippen LogP contribution is 2.14. The average molecular weight is 285 g/mol. The lowest BCUT2D eigenvalue weighted by Gasteiger charge is -2.10. The summed E-state index contributed by atoms with van der Waals surface area (Å²) in [6, 6.07) is 0.